The minimum atomic E-state index is 0. The summed E-state index contributed by atoms with van der Waals surface area (Å²) in [6.45, 7) is 0.590. The van der Waals surface area contributed by atoms with E-state index in [1.165, 1.54) is 0 Å². The second-order valence-corrected chi connectivity index (χ2v) is 3.96. The van der Waals surface area contributed by atoms with Crippen molar-refractivity contribution in [2.75, 3.05) is 20.8 Å². The van der Waals surface area contributed by atoms with Crippen molar-refractivity contribution < 1.29 is 9.47 Å². The number of hydrogen-bond donors (Lipinski definition) is 1. The Labute approximate surface area is 110 Å². The van der Waals surface area contributed by atoms with Gasteiger partial charge in [0, 0.05) is 5.56 Å². The topological polar surface area (TPSA) is 44.5 Å². The van der Waals surface area contributed by atoms with Crippen molar-refractivity contribution in [3.05, 3.63) is 21.3 Å². The minimum Gasteiger partial charge on any atom is -0.496 e. The third kappa shape index (κ3) is 3.39. The van der Waals surface area contributed by atoms with Crippen LogP contribution in [0, 0.1) is 3.57 Å². The smallest absolute Gasteiger partial charge is 0.139 e. The maximum absolute atomic E-state index is 5.54. The Bertz CT molecular complexity index is 321. The van der Waals surface area contributed by atoms with Crippen molar-refractivity contribution in [3.8, 4) is 11.5 Å². The van der Waals surface area contributed by atoms with Gasteiger partial charge in [0.1, 0.15) is 11.5 Å². The van der Waals surface area contributed by atoms with Crippen molar-refractivity contribution in [2.45, 2.75) is 6.42 Å². The van der Waals surface area contributed by atoms with Gasteiger partial charge in [0.15, 0.2) is 0 Å². The molecule has 0 atom stereocenters. The number of benzene rings is 1. The first kappa shape index (κ1) is 14.8. The number of nitrogens with two attached hydrogens (primary N) is 1. The molecule has 0 unspecified atom stereocenters. The van der Waals surface area contributed by atoms with Gasteiger partial charge in [-0.15, -0.1) is 12.4 Å². The van der Waals surface area contributed by atoms with Crippen LogP contribution in [0.4, 0.5) is 0 Å². The zero-order valence-electron chi connectivity index (χ0n) is 8.75. The summed E-state index contributed by atoms with van der Waals surface area (Å²) in [5, 5.41) is 0. The van der Waals surface area contributed by atoms with E-state index in [1.54, 1.807) is 14.2 Å². The Hall–Kier alpha value is -0.200. The van der Waals surface area contributed by atoms with E-state index in [0.29, 0.717) is 6.54 Å². The molecule has 0 amide bonds. The van der Waals surface area contributed by atoms with E-state index in [9.17, 15) is 0 Å². The molecular weight excluding hydrogens is 328 g/mol. The van der Waals surface area contributed by atoms with Crippen molar-refractivity contribution in [3.63, 3.8) is 0 Å². The molecule has 0 saturated carbocycles. The van der Waals surface area contributed by atoms with Gasteiger partial charge in [-0.3, -0.25) is 0 Å². The highest BCUT2D eigenvalue weighted by Crippen LogP contribution is 2.33. The fourth-order valence-electron chi connectivity index (χ4n) is 1.37. The zero-order valence-corrected chi connectivity index (χ0v) is 11.7. The molecule has 0 radical (unpaired) electrons. The van der Waals surface area contributed by atoms with Gasteiger partial charge in [0.2, 0.25) is 0 Å². The third-order valence-corrected chi connectivity index (χ3v) is 2.84. The van der Waals surface area contributed by atoms with E-state index < -0.39 is 0 Å². The lowest BCUT2D eigenvalue weighted by molar-refractivity contribution is 0.383. The lowest BCUT2D eigenvalue weighted by Gasteiger charge is -2.13. The van der Waals surface area contributed by atoms with Gasteiger partial charge in [-0.25, -0.2) is 0 Å². The summed E-state index contributed by atoms with van der Waals surface area (Å²) in [4.78, 5) is 0. The summed E-state index contributed by atoms with van der Waals surface area (Å²) in [6.07, 6.45) is 0.767. The molecule has 0 spiro atoms. The van der Waals surface area contributed by atoms with Crippen LogP contribution in [0.25, 0.3) is 0 Å². The summed E-state index contributed by atoms with van der Waals surface area (Å²) in [7, 11) is 3.32. The van der Waals surface area contributed by atoms with Gasteiger partial charge < -0.3 is 15.2 Å². The van der Waals surface area contributed by atoms with Crippen LogP contribution in [0.2, 0.25) is 0 Å². The van der Waals surface area contributed by atoms with Crippen molar-refractivity contribution in [1.29, 1.82) is 0 Å². The SMILES string of the molecule is COc1ccc(I)c(OC)c1CCN.Cl. The van der Waals surface area contributed by atoms with Crippen molar-refractivity contribution in [2.24, 2.45) is 5.73 Å². The van der Waals surface area contributed by atoms with Gasteiger partial charge in [-0.05, 0) is 47.7 Å². The molecule has 1 aromatic carbocycles. The second kappa shape index (κ2) is 7.14. The Morgan fingerprint density at radius 1 is 1.27 bits per heavy atom. The summed E-state index contributed by atoms with van der Waals surface area (Å²) in [5.74, 6) is 1.71. The van der Waals surface area contributed by atoms with E-state index in [1.807, 2.05) is 12.1 Å². The van der Waals surface area contributed by atoms with Crippen LogP contribution in [-0.4, -0.2) is 20.8 Å². The molecule has 5 heteroatoms. The van der Waals surface area contributed by atoms with Crippen LogP contribution < -0.4 is 15.2 Å². The molecular formula is C10H15ClINO2. The summed E-state index contributed by atoms with van der Waals surface area (Å²) in [5.41, 5.74) is 6.59. The van der Waals surface area contributed by atoms with E-state index in [-0.39, 0.29) is 12.4 Å². The summed E-state index contributed by atoms with van der Waals surface area (Å²) < 4.78 is 11.7. The van der Waals surface area contributed by atoms with Gasteiger partial charge in [0.25, 0.3) is 0 Å². The van der Waals surface area contributed by atoms with Gasteiger partial charge >= 0.3 is 0 Å². The maximum atomic E-state index is 5.54. The predicted molar refractivity (Wildman–Crippen MR) is 72.3 cm³/mol. The molecule has 0 fully saturated rings. The van der Waals surface area contributed by atoms with Gasteiger partial charge in [0.05, 0.1) is 17.8 Å². The molecule has 0 aliphatic rings. The zero-order chi connectivity index (χ0) is 10.6. The van der Waals surface area contributed by atoms with Crippen LogP contribution in [-0.2, 0) is 6.42 Å². The monoisotopic (exact) mass is 343 g/mol. The molecule has 1 aromatic rings. The Morgan fingerprint density at radius 2 is 1.93 bits per heavy atom. The van der Waals surface area contributed by atoms with Crippen LogP contribution in [0.1, 0.15) is 5.56 Å². The molecule has 0 saturated heterocycles. The number of ether oxygens (including phenoxy) is 2. The molecule has 15 heavy (non-hydrogen) atoms. The van der Waals surface area contributed by atoms with E-state index in [0.717, 1.165) is 27.1 Å². The number of rotatable bonds is 4. The van der Waals surface area contributed by atoms with Crippen molar-refractivity contribution >= 4 is 35.0 Å². The second-order valence-electron chi connectivity index (χ2n) is 2.80. The van der Waals surface area contributed by atoms with E-state index in [4.69, 9.17) is 15.2 Å². The fourth-order valence-corrected chi connectivity index (χ4v) is 2.10. The van der Waals surface area contributed by atoms with Crippen LogP contribution in [0.5, 0.6) is 11.5 Å². The van der Waals surface area contributed by atoms with Gasteiger partial charge in [-0.2, -0.15) is 0 Å². The first-order valence-corrected chi connectivity index (χ1v) is 5.41. The van der Waals surface area contributed by atoms with Crippen LogP contribution in [0.3, 0.4) is 0 Å². The average molecular weight is 344 g/mol. The fraction of sp³-hybridized carbons (Fsp3) is 0.400. The Morgan fingerprint density at radius 3 is 2.40 bits per heavy atom. The molecule has 0 heterocycles. The highest BCUT2D eigenvalue weighted by molar-refractivity contribution is 14.1. The van der Waals surface area contributed by atoms with E-state index in [2.05, 4.69) is 22.6 Å². The predicted octanol–water partition coefficient (Wildman–Crippen LogP) is 2.23. The average Bonchev–Trinajstić information content (AvgIpc) is 2.19. The standard InChI is InChI=1S/C10H14INO2.ClH/c1-13-9-4-3-8(11)10(14-2)7(9)5-6-12;/h3-4H,5-6,12H2,1-2H3;1H. The maximum Gasteiger partial charge on any atom is 0.139 e. The van der Waals surface area contributed by atoms with Gasteiger partial charge in [-0.1, -0.05) is 0 Å². The summed E-state index contributed by atoms with van der Waals surface area (Å²) >= 11 is 2.24. The number of halogens is 2. The highest BCUT2D eigenvalue weighted by Gasteiger charge is 2.12. The number of methoxy groups -OCH3 is 2. The Balaban J connectivity index is 0.00000196. The largest absolute Gasteiger partial charge is 0.496 e. The minimum absolute atomic E-state index is 0. The molecule has 3 nitrogen and oxygen atoms in total. The summed E-state index contributed by atoms with van der Waals surface area (Å²) in [6, 6.07) is 3.91. The third-order valence-electron chi connectivity index (χ3n) is 1.99. The highest BCUT2D eigenvalue weighted by atomic mass is 127. The molecule has 1 rings (SSSR count). The Kier molecular flexibility index (Phi) is 7.04. The number of hydrogen-bond acceptors (Lipinski definition) is 3. The lowest BCUT2D eigenvalue weighted by Crippen LogP contribution is -2.06. The molecule has 0 aliphatic carbocycles. The van der Waals surface area contributed by atoms with E-state index >= 15 is 0 Å². The van der Waals surface area contributed by atoms with Crippen LogP contribution in [0.15, 0.2) is 12.1 Å². The molecule has 0 aliphatic heterocycles. The molecule has 2 N–H and O–H groups in total. The van der Waals surface area contributed by atoms with Crippen LogP contribution >= 0.6 is 35.0 Å². The van der Waals surface area contributed by atoms with Crippen molar-refractivity contribution in [1.82, 2.24) is 0 Å². The normalized spacial score (nSPS) is 9.33. The first-order chi connectivity index (χ1) is 6.74. The first-order valence-electron chi connectivity index (χ1n) is 4.34. The molecule has 86 valence electrons. The quantitative estimate of drug-likeness (QED) is 0.853. The lowest BCUT2D eigenvalue weighted by atomic mass is 10.1. The molecule has 0 bridgehead atoms. The molecule has 0 aromatic heterocycles.